The number of aliphatic imine (C=N–C) groups is 1. The number of anilines is 1. The first kappa shape index (κ1) is 11.7. The first-order valence-electron chi connectivity index (χ1n) is 5.73. The smallest absolute Gasteiger partial charge is 0.199 e. The predicted octanol–water partition coefficient (Wildman–Crippen LogP) is 0.374. The molecule has 0 saturated carbocycles. The summed E-state index contributed by atoms with van der Waals surface area (Å²) in [5, 5.41) is 11.0. The zero-order valence-corrected chi connectivity index (χ0v) is 10.4. The van der Waals surface area contributed by atoms with Gasteiger partial charge in [0.1, 0.15) is 12.8 Å². The van der Waals surface area contributed by atoms with Crippen molar-refractivity contribution in [2.24, 2.45) is 10.7 Å². The summed E-state index contributed by atoms with van der Waals surface area (Å²) in [6.45, 7) is 4.15. The minimum atomic E-state index is -0.412. The molecule has 0 spiro atoms. The summed E-state index contributed by atoms with van der Waals surface area (Å²) in [5.74, 6) is 1.07. The largest absolute Gasteiger partial charge is 0.397 e. The summed E-state index contributed by atoms with van der Waals surface area (Å²) >= 11 is 0. The number of nitrogens with one attached hydrogen (secondary N) is 1. The summed E-state index contributed by atoms with van der Waals surface area (Å²) in [6.07, 6.45) is 3.09. The lowest BCUT2D eigenvalue weighted by Crippen LogP contribution is -2.41. The number of aromatic nitrogens is 3. The van der Waals surface area contributed by atoms with Crippen molar-refractivity contribution >= 4 is 11.7 Å². The number of nitrogens with two attached hydrogens (primary N) is 1. The van der Waals surface area contributed by atoms with Crippen LogP contribution in [-0.2, 0) is 0 Å². The Morgan fingerprint density at radius 1 is 1.53 bits per heavy atom. The molecule has 0 aromatic carbocycles. The van der Waals surface area contributed by atoms with Crippen LogP contribution in [-0.4, -0.2) is 33.8 Å². The number of nitrogens with zero attached hydrogens (tertiary/aromatic N) is 4. The number of hydrogen-bond acceptors (Lipinski definition) is 6. The van der Waals surface area contributed by atoms with Crippen LogP contribution in [0.1, 0.15) is 38.8 Å². The molecular formula is C10H18N6O. The normalized spacial score (nSPS) is 22.6. The maximum atomic E-state index is 5.90. The number of amidine groups is 1. The van der Waals surface area contributed by atoms with Crippen LogP contribution in [0, 0.1) is 0 Å². The molecule has 0 aliphatic carbocycles. The van der Waals surface area contributed by atoms with Crippen LogP contribution in [0.2, 0.25) is 0 Å². The molecule has 0 saturated heterocycles. The number of rotatable bonds is 4. The highest BCUT2D eigenvalue weighted by Gasteiger charge is 2.33. The third kappa shape index (κ3) is 2.04. The Labute approximate surface area is 100.0 Å². The number of unbranched alkanes of at least 4 members (excludes halogenated alkanes) is 1. The summed E-state index contributed by atoms with van der Waals surface area (Å²) in [7, 11) is 1.53. The molecule has 1 aliphatic rings. The highest BCUT2D eigenvalue weighted by molar-refractivity contribution is 6.01. The van der Waals surface area contributed by atoms with E-state index in [1.165, 1.54) is 12.0 Å². The predicted molar refractivity (Wildman–Crippen MR) is 64.8 cm³/mol. The maximum absolute atomic E-state index is 5.90. The van der Waals surface area contributed by atoms with Crippen molar-refractivity contribution in [3.63, 3.8) is 0 Å². The zero-order valence-electron chi connectivity index (χ0n) is 10.4. The SMILES string of the molecule is CCCCC1(C)N=C(N)c2nnn(OC)c2N1. The Kier molecular flexibility index (Phi) is 2.91. The van der Waals surface area contributed by atoms with E-state index in [9.17, 15) is 0 Å². The van der Waals surface area contributed by atoms with Crippen LogP contribution >= 0.6 is 0 Å². The van der Waals surface area contributed by atoms with Gasteiger partial charge in [0, 0.05) is 0 Å². The van der Waals surface area contributed by atoms with Gasteiger partial charge in [-0.05, 0) is 25.0 Å². The molecule has 0 bridgehead atoms. The third-order valence-electron chi connectivity index (χ3n) is 2.83. The van der Waals surface area contributed by atoms with Gasteiger partial charge in [-0.1, -0.05) is 18.2 Å². The van der Waals surface area contributed by atoms with Gasteiger partial charge in [-0.15, -0.1) is 5.10 Å². The summed E-state index contributed by atoms with van der Waals surface area (Å²) in [6, 6.07) is 0. The Balaban J connectivity index is 2.31. The fourth-order valence-corrected chi connectivity index (χ4v) is 1.92. The van der Waals surface area contributed by atoms with Gasteiger partial charge in [0.25, 0.3) is 0 Å². The second-order valence-electron chi connectivity index (χ2n) is 4.34. The van der Waals surface area contributed by atoms with Gasteiger partial charge in [-0.2, -0.15) is 0 Å². The average molecular weight is 238 g/mol. The first-order valence-corrected chi connectivity index (χ1v) is 5.73. The van der Waals surface area contributed by atoms with Gasteiger partial charge < -0.3 is 15.9 Å². The Bertz CT molecular complexity index is 440. The molecule has 17 heavy (non-hydrogen) atoms. The minimum absolute atomic E-state index is 0.403. The van der Waals surface area contributed by atoms with Gasteiger partial charge in [0.15, 0.2) is 17.3 Å². The molecule has 1 aliphatic heterocycles. The molecule has 1 unspecified atom stereocenters. The fourth-order valence-electron chi connectivity index (χ4n) is 1.92. The van der Waals surface area contributed by atoms with E-state index in [1.807, 2.05) is 6.92 Å². The molecule has 94 valence electrons. The minimum Gasteiger partial charge on any atom is -0.397 e. The molecule has 0 fully saturated rings. The van der Waals surface area contributed by atoms with E-state index >= 15 is 0 Å². The van der Waals surface area contributed by atoms with Crippen LogP contribution in [0.25, 0.3) is 0 Å². The molecular weight excluding hydrogens is 220 g/mol. The van der Waals surface area contributed by atoms with E-state index in [1.54, 1.807) is 0 Å². The number of fused-ring (bicyclic) bond motifs is 1. The van der Waals surface area contributed by atoms with E-state index in [0.717, 1.165) is 19.3 Å². The van der Waals surface area contributed by atoms with Crippen molar-refractivity contribution in [1.82, 2.24) is 15.2 Å². The molecule has 7 heteroatoms. The number of hydrogen-bond donors (Lipinski definition) is 2. The lowest BCUT2D eigenvalue weighted by molar-refractivity contribution is 0.132. The van der Waals surface area contributed by atoms with Crippen LogP contribution in [0.15, 0.2) is 4.99 Å². The van der Waals surface area contributed by atoms with Crippen molar-refractivity contribution in [3.05, 3.63) is 5.69 Å². The van der Waals surface area contributed by atoms with Crippen molar-refractivity contribution in [2.75, 3.05) is 12.4 Å². The molecule has 2 rings (SSSR count). The van der Waals surface area contributed by atoms with E-state index < -0.39 is 5.66 Å². The summed E-state index contributed by atoms with van der Waals surface area (Å²) in [4.78, 5) is 10.8. The van der Waals surface area contributed by atoms with Gasteiger partial charge in [0.2, 0.25) is 0 Å². The Morgan fingerprint density at radius 2 is 2.29 bits per heavy atom. The standard InChI is InChI=1S/C10H18N6O/c1-4-5-6-10(2)12-8(11)7-9(13-10)16(17-3)15-14-7/h13H,4-6H2,1-3H3,(H2,11,12). The van der Waals surface area contributed by atoms with Crippen molar-refractivity contribution in [1.29, 1.82) is 0 Å². The monoisotopic (exact) mass is 238 g/mol. The van der Waals surface area contributed by atoms with Gasteiger partial charge in [-0.25, -0.2) is 4.99 Å². The third-order valence-corrected chi connectivity index (χ3v) is 2.83. The van der Waals surface area contributed by atoms with Crippen molar-refractivity contribution < 1.29 is 4.84 Å². The van der Waals surface area contributed by atoms with Crippen LogP contribution < -0.4 is 15.9 Å². The molecule has 1 aromatic rings. The second kappa shape index (κ2) is 4.23. The van der Waals surface area contributed by atoms with Crippen LogP contribution in [0.5, 0.6) is 0 Å². The highest BCUT2D eigenvalue weighted by atomic mass is 16.7. The highest BCUT2D eigenvalue weighted by Crippen LogP contribution is 2.28. The zero-order chi connectivity index (χ0) is 12.5. The maximum Gasteiger partial charge on any atom is 0.199 e. The fraction of sp³-hybridized carbons (Fsp3) is 0.700. The van der Waals surface area contributed by atoms with E-state index in [4.69, 9.17) is 10.6 Å². The lowest BCUT2D eigenvalue weighted by atomic mass is 10.0. The van der Waals surface area contributed by atoms with E-state index in [-0.39, 0.29) is 0 Å². The molecule has 3 N–H and O–H groups in total. The molecule has 0 radical (unpaired) electrons. The lowest BCUT2D eigenvalue weighted by Gasteiger charge is -2.31. The quantitative estimate of drug-likeness (QED) is 0.791. The van der Waals surface area contributed by atoms with E-state index in [2.05, 4.69) is 27.5 Å². The molecule has 1 atom stereocenters. The van der Waals surface area contributed by atoms with Gasteiger partial charge >= 0.3 is 0 Å². The summed E-state index contributed by atoms with van der Waals surface area (Å²) < 4.78 is 0. The summed E-state index contributed by atoms with van der Waals surface area (Å²) in [5.41, 5.74) is 6.03. The molecule has 1 aromatic heterocycles. The molecule has 2 heterocycles. The molecule has 7 nitrogen and oxygen atoms in total. The van der Waals surface area contributed by atoms with Crippen molar-refractivity contribution in [2.45, 2.75) is 38.8 Å². The van der Waals surface area contributed by atoms with Crippen molar-refractivity contribution in [3.8, 4) is 0 Å². The first-order chi connectivity index (χ1) is 8.09. The second-order valence-corrected chi connectivity index (χ2v) is 4.34. The van der Waals surface area contributed by atoms with Crippen LogP contribution in [0.3, 0.4) is 0 Å². The van der Waals surface area contributed by atoms with Crippen LogP contribution in [0.4, 0.5) is 5.82 Å². The van der Waals surface area contributed by atoms with E-state index in [0.29, 0.717) is 17.3 Å². The molecule has 0 amide bonds. The topological polar surface area (TPSA) is 90.4 Å². The average Bonchev–Trinajstić information content (AvgIpc) is 2.69. The van der Waals surface area contributed by atoms with Gasteiger partial charge in [-0.3, -0.25) is 0 Å². The Morgan fingerprint density at radius 3 is 2.94 bits per heavy atom. The van der Waals surface area contributed by atoms with Gasteiger partial charge in [0.05, 0.1) is 0 Å². The Hall–Kier alpha value is -1.79.